The number of rotatable bonds is 7. The first-order valence-corrected chi connectivity index (χ1v) is 8.32. The maximum absolute atomic E-state index is 11.0. The average molecular weight is 335 g/mol. The number of hydrogen-bond donors (Lipinski definition) is 0. The monoisotopic (exact) mass is 335 g/mol. The van der Waals surface area contributed by atoms with Crippen LogP contribution in [0.1, 0.15) is 22.5 Å². The average Bonchev–Trinajstić information content (AvgIpc) is 2.78. The van der Waals surface area contributed by atoms with Gasteiger partial charge in [0.2, 0.25) is 0 Å². The van der Waals surface area contributed by atoms with Crippen LogP contribution in [0.15, 0.2) is 23.4 Å². The van der Waals surface area contributed by atoms with Gasteiger partial charge in [-0.25, -0.2) is 4.98 Å². The number of aryl methyl sites for hydroxylation is 1. The minimum absolute atomic E-state index is 0.165. The molecule has 0 aliphatic heterocycles. The smallest absolute Gasteiger partial charge is 0.272 e. The maximum atomic E-state index is 11.0. The lowest BCUT2D eigenvalue weighted by molar-refractivity contribution is -0.385. The molecular weight excluding hydrogens is 314 g/mol. The van der Waals surface area contributed by atoms with Gasteiger partial charge in [-0.15, -0.1) is 0 Å². The number of aromatic nitrogens is 2. The van der Waals surface area contributed by atoms with Crippen molar-refractivity contribution in [2.75, 3.05) is 13.7 Å². The Morgan fingerprint density at radius 3 is 2.74 bits per heavy atom. The Hall–Kier alpha value is -1.86. The van der Waals surface area contributed by atoms with Gasteiger partial charge < -0.3 is 9.30 Å². The van der Waals surface area contributed by atoms with E-state index < -0.39 is 0 Å². The molecule has 0 amide bonds. The minimum atomic E-state index is -0.336. The van der Waals surface area contributed by atoms with Crippen molar-refractivity contribution in [2.45, 2.75) is 38.2 Å². The first kappa shape index (κ1) is 17.5. The highest BCUT2D eigenvalue weighted by Crippen LogP contribution is 2.29. The summed E-state index contributed by atoms with van der Waals surface area (Å²) in [6, 6.07) is 5.20. The number of thioether (sulfide) groups is 1. The van der Waals surface area contributed by atoms with Gasteiger partial charge in [-0.1, -0.05) is 23.9 Å². The van der Waals surface area contributed by atoms with Crippen molar-refractivity contribution < 1.29 is 9.66 Å². The SMILES string of the molecule is COCCn1c(SCc2cccc([N+](=O)[O-])c2C)nc(C)c1C. The molecule has 23 heavy (non-hydrogen) atoms. The van der Waals surface area contributed by atoms with Gasteiger partial charge in [-0.3, -0.25) is 10.1 Å². The van der Waals surface area contributed by atoms with E-state index in [9.17, 15) is 10.1 Å². The standard InChI is InChI=1S/C16H21N3O3S/c1-11-14(6-5-7-15(11)19(20)21)10-23-16-17-12(2)13(3)18(16)8-9-22-4/h5-7H,8-10H2,1-4H3. The van der Waals surface area contributed by atoms with Crippen LogP contribution in [0, 0.1) is 30.9 Å². The summed E-state index contributed by atoms with van der Waals surface area (Å²) in [5.74, 6) is 0.649. The Morgan fingerprint density at radius 2 is 2.09 bits per heavy atom. The van der Waals surface area contributed by atoms with Gasteiger partial charge >= 0.3 is 0 Å². The Labute approximate surface area is 140 Å². The molecule has 124 valence electrons. The van der Waals surface area contributed by atoms with Gasteiger partial charge in [0.05, 0.1) is 17.2 Å². The van der Waals surface area contributed by atoms with Crippen LogP contribution in [0.5, 0.6) is 0 Å². The second-order valence-corrected chi connectivity index (χ2v) is 6.26. The molecule has 1 aromatic heterocycles. The number of ether oxygens (including phenoxy) is 1. The molecular formula is C16H21N3O3S. The fourth-order valence-corrected chi connectivity index (χ4v) is 3.53. The van der Waals surface area contributed by atoms with Crippen molar-refractivity contribution in [3.63, 3.8) is 0 Å². The summed E-state index contributed by atoms with van der Waals surface area (Å²) in [4.78, 5) is 15.3. The van der Waals surface area contributed by atoms with E-state index in [-0.39, 0.29) is 10.6 Å². The van der Waals surface area contributed by atoms with Gasteiger partial charge in [-0.05, 0) is 26.3 Å². The molecule has 7 heteroatoms. The maximum Gasteiger partial charge on any atom is 0.272 e. The molecule has 0 unspecified atom stereocenters. The van der Waals surface area contributed by atoms with Crippen LogP contribution in [0.2, 0.25) is 0 Å². The van der Waals surface area contributed by atoms with E-state index >= 15 is 0 Å². The second kappa shape index (κ2) is 7.61. The third-order valence-electron chi connectivity index (χ3n) is 3.91. The fraction of sp³-hybridized carbons (Fsp3) is 0.438. The Balaban J connectivity index is 2.20. The predicted octanol–water partition coefficient (Wildman–Crippen LogP) is 3.66. The molecule has 6 nitrogen and oxygen atoms in total. The number of hydrogen-bond acceptors (Lipinski definition) is 5. The number of nitro benzene ring substituents is 1. The lowest BCUT2D eigenvalue weighted by Crippen LogP contribution is -2.07. The van der Waals surface area contributed by atoms with Crippen LogP contribution in [-0.2, 0) is 17.0 Å². The van der Waals surface area contributed by atoms with Crippen LogP contribution in [-0.4, -0.2) is 28.2 Å². The molecule has 2 rings (SSSR count). The molecule has 0 spiro atoms. The summed E-state index contributed by atoms with van der Waals surface area (Å²) in [5.41, 5.74) is 3.96. The van der Waals surface area contributed by atoms with E-state index in [1.807, 2.05) is 19.9 Å². The van der Waals surface area contributed by atoms with E-state index in [0.717, 1.165) is 28.7 Å². The van der Waals surface area contributed by atoms with Gasteiger partial charge in [0.15, 0.2) is 5.16 Å². The van der Waals surface area contributed by atoms with E-state index in [4.69, 9.17) is 4.74 Å². The van der Waals surface area contributed by atoms with Crippen molar-refractivity contribution in [1.29, 1.82) is 0 Å². The first-order valence-electron chi connectivity index (χ1n) is 7.34. The van der Waals surface area contributed by atoms with Crippen molar-refractivity contribution >= 4 is 17.4 Å². The molecule has 0 saturated carbocycles. The zero-order chi connectivity index (χ0) is 17.0. The topological polar surface area (TPSA) is 70.2 Å². The number of benzene rings is 1. The summed E-state index contributed by atoms with van der Waals surface area (Å²) in [7, 11) is 1.68. The Bertz CT molecular complexity index is 713. The van der Waals surface area contributed by atoms with E-state index in [1.54, 1.807) is 31.9 Å². The molecule has 0 radical (unpaired) electrons. The van der Waals surface area contributed by atoms with E-state index in [1.165, 1.54) is 6.07 Å². The molecule has 0 N–H and O–H groups in total. The quantitative estimate of drug-likeness (QED) is 0.439. The lowest BCUT2D eigenvalue weighted by Gasteiger charge is -2.10. The lowest BCUT2D eigenvalue weighted by atomic mass is 10.1. The van der Waals surface area contributed by atoms with Crippen molar-refractivity contribution in [2.24, 2.45) is 0 Å². The molecule has 0 aliphatic rings. The number of imidazole rings is 1. The predicted molar refractivity (Wildman–Crippen MR) is 91.0 cm³/mol. The largest absolute Gasteiger partial charge is 0.383 e. The van der Waals surface area contributed by atoms with Gasteiger partial charge in [0, 0.05) is 36.7 Å². The zero-order valence-corrected chi connectivity index (χ0v) is 14.6. The number of methoxy groups -OCH3 is 1. The highest BCUT2D eigenvalue weighted by atomic mass is 32.2. The molecule has 0 fully saturated rings. The van der Waals surface area contributed by atoms with Crippen LogP contribution < -0.4 is 0 Å². The highest BCUT2D eigenvalue weighted by molar-refractivity contribution is 7.98. The summed E-state index contributed by atoms with van der Waals surface area (Å²) in [5, 5.41) is 12.0. The van der Waals surface area contributed by atoms with Crippen LogP contribution in [0.3, 0.4) is 0 Å². The van der Waals surface area contributed by atoms with Crippen LogP contribution in [0.25, 0.3) is 0 Å². The fourth-order valence-electron chi connectivity index (χ4n) is 2.35. The molecule has 1 aromatic carbocycles. The normalized spacial score (nSPS) is 11.0. The Kier molecular flexibility index (Phi) is 5.79. The molecule has 0 atom stereocenters. The Morgan fingerprint density at radius 1 is 1.35 bits per heavy atom. The number of nitro groups is 1. The highest BCUT2D eigenvalue weighted by Gasteiger charge is 2.15. The summed E-state index contributed by atoms with van der Waals surface area (Å²) >= 11 is 1.59. The van der Waals surface area contributed by atoms with Crippen LogP contribution >= 0.6 is 11.8 Å². The summed E-state index contributed by atoms with van der Waals surface area (Å²) < 4.78 is 7.29. The van der Waals surface area contributed by atoms with Gasteiger partial charge in [0.1, 0.15) is 0 Å². The van der Waals surface area contributed by atoms with Crippen molar-refractivity contribution in [1.82, 2.24) is 9.55 Å². The van der Waals surface area contributed by atoms with Gasteiger partial charge in [0.25, 0.3) is 5.69 Å². The molecule has 2 aromatic rings. The third-order valence-corrected chi connectivity index (χ3v) is 4.94. The molecule has 1 heterocycles. The second-order valence-electron chi connectivity index (χ2n) is 5.32. The van der Waals surface area contributed by atoms with Gasteiger partial charge in [-0.2, -0.15) is 0 Å². The first-order chi connectivity index (χ1) is 11.0. The molecule has 0 aliphatic carbocycles. The molecule has 0 bridgehead atoms. The summed E-state index contributed by atoms with van der Waals surface area (Å²) in [6.45, 7) is 7.20. The van der Waals surface area contributed by atoms with Crippen molar-refractivity contribution in [3.8, 4) is 0 Å². The number of nitrogens with zero attached hydrogens (tertiary/aromatic N) is 3. The summed E-state index contributed by atoms with van der Waals surface area (Å²) in [6.07, 6.45) is 0. The van der Waals surface area contributed by atoms with E-state index in [2.05, 4.69) is 9.55 Å². The van der Waals surface area contributed by atoms with Crippen molar-refractivity contribution in [3.05, 3.63) is 50.8 Å². The molecule has 0 saturated heterocycles. The van der Waals surface area contributed by atoms with Crippen LogP contribution in [0.4, 0.5) is 5.69 Å². The van der Waals surface area contributed by atoms with E-state index in [0.29, 0.717) is 17.9 Å². The third kappa shape index (κ3) is 3.92. The minimum Gasteiger partial charge on any atom is -0.383 e. The zero-order valence-electron chi connectivity index (χ0n) is 13.8.